The molecule has 4 rings (SSSR count). The third kappa shape index (κ3) is 4.38. The number of pyridine rings is 1. The van der Waals surface area contributed by atoms with Crippen LogP contribution in [0.1, 0.15) is 16.1 Å². The highest BCUT2D eigenvalue weighted by molar-refractivity contribution is 5.94. The summed E-state index contributed by atoms with van der Waals surface area (Å²) in [5, 5.41) is 2.96. The lowest BCUT2D eigenvalue weighted by atomic mass is 10.1. The molecule has 0 atom stereocenters. The normalized spacial score (nSPS) is 10.7. The van der Waals surface area contributed by atoms with Gasteiger partial charge >= 0.3 is 0 Å². The minimum absolute atomic E-state index is 0.107. The lowest BCUT2D eigenvalue weighted by Gasteiger charge is -2.05. The van der Waals surface area contributed by atoms with Crippen LogP contribution in [0.25, 0.3) is 22.5 Å². The highest BCUT2D eigenvalue weighted by Gasteiger charge is 2.13. The van der Waals surface area contributed by atoms with Crippen LogP contribution in [-0.2, 0) is 13.5 Å². The number of benzene rings is 1. The van der Waals surface area contributed by atoms with E-state index in [1.165, 1.54) is 0 Å². The number of nitrogens with zero attached hydrogens (tertiary/aromatic N) is 4. The van der Waals surface area contributed by atoms with Crippen LogP contribution in [0, 0.1) is 0 Å². The molecule has 0 aliphatic carbocycles. The first kappa shape index (κ1) is 18.6. The van der Waals surface area contributed by atoms with Crippen molar-refractivity contribution in [2.45, 2.75) is 6.42 Å². The van der Waals surface area contributed by atoms with Gasteiger partial charge in [0.1, 0.15) is 5.69 Å². The smallest absolute Gasteiger partial charge is 0.267 e. The van der Waals surface area contributed by atoms with Gasteiger partial charge in [-0.3, -0.25) is 9.78 Å². The van der Waals surface area contributed by atoms with Crippen molar-refractivity contribution in [3.05, 3.63) is 90.8 Å². The van der Waals surface area contributed by atoms with Crippen molar-refractivity contribution < 1.29 is 4.79 Å². The molecule has 1 N–H and O–H groups in total. The second-order valence-electron chi connectivity index (χ2n) is 6.75. The molecule has 0 unspecified atom stereocenters. The second kappa shape index (κ2) is 8.48. The Morgan fingerprint density at radius 1 is 0.966 bits per heavy atom. The Kier molecular flexibility index (Phi) is 5.42. The fourth-order valence-corrected chi connectivity index (χ4v) is 3.12. The number of aromatic nitrogens is 4. The van der Waals surface area contributed by atoms with E-state index in [2.05, 4.69) is 20.3 Å². The first-order valence-corrected chi connectivity index (χ1v) is 9.42. The van der Waals surface area contributed by atoms with Crippen molar-refractivity contribution in [1.29, 1.82) is 0 Å². The van der Waals surface area contributed by atoms with E-state index in [9.17, 15) is 4.79 Å². The average molecular weight is 383 g/mol. The fourth-order valence-electron chi connectivity index (χ4n) is 3.12. The number of amides is 1. The van der Waals surface area contributed by atoms with Gasteiger partial charge in [0, 0.05) is 61.3 Å². The van der Waals surface area contributed by atoms with Crippen molar-refractivity contribution in [3.63, 3.8) is 0 Å². The Labute approximate surface area is 169 Å². The summed E-state index contributed by atoms with van der Waals surface area (Å²) >= 11 is 0. The van der Waals surface area contributed by atoms with Crippen LogP contribution in [0.3, 0.4) is 0 Å². The number of rotatable bonds is 6. The molecule has 3 aromatic heterocycles. The first-order valence-electron chi connectivity index (χ1n) is 9.42. The first-order chi connectivity index (χ1) is 14.2. The predicted octanol–water partition coefficient (Wildman–Crippen LogP) is 3.52. The molecule has 0 saturated heterocycles. The number of carbonyl (C=O) groups excluding carboxylic acids is 1. The molecule has 0 fully saturated rings. The highest BCUT2D eigenvalue weighted by atomic mass is 16.1. The van der Waals surface area contributed by atoms with Gasteiger partial charge in [0.15, 0.2) is 5.82 Å². The van der Waals surface area contributed by atoms with E-state index < -0.39 is 0 Å². The molecule has 0 spiro atoms. The van der Waals surface area contributed by atoms with Gasteiger partial charge in [-0.05, 0) is 24.1 Å². The largest absolute Gasteiger partial charge is 0.350 e. The van der Waals surface area contributed by atoms with Gasteiger partial charge < -0.3 is 9.88 Å². The van der Waals surface area contributed by atoms with Gasteiger partial charge in [-0.15, -0.1) is 0 Å². The zero-order valence-corrected chi connectivity index (χ0v) is 16.1. The number of aryl methyl sites for hydroxylation is 1. The Morgan fingerprint density at radius 3 is 2.48 bits per heavy atom. The predicted molar refractivity (Wildman–Crippen MR) is 112 cm³/mol. The number of carbonyl (C=O) groups is 1. The molecule has 0 radical (unpaired) electrons. The van der Waals surface area contributed by atoms with Crippen LogP contribution < -0.4 is 5.32 Å². The third-order valence-corrected chi connectivity index (χ3v) is 4.68. The molecule has 6 heteroatoms. The molecule has 6 nitrogen and oxygen atoms in total. The summed E-state index contributed by atoms with van der Waals surface area (Å²) in [6, 6.07) is 15.6. The molecule has 0 bridgehead atoms. The molecule has 0 saturated carbocycles. The Balaban J connectivity index is 1.44. The summed E-state index contributed by atoms with van der Waals surface area (Å²) in [6.07, 6.45) is 9.78. The maximum atomic E-state index is 12.6. The van der Waals surface area contributed by atoms with Gasteiger partial charge in [-0.25, -0.2) is 9.97 Å². The van der Waals surface area contributed by atoms with E-state index in [1.54, 1.807) is 18.6 Å². The minimum atomic E-state index is -0.107. The van der Waals surface area contributed by atoms with E-state index >= 15 is 0 Å². The molecule has 4 aromatic rings. The Morgan fingerprint density at radius 2 is 1.76 bits per heavy atom. The molecule has 29 heavy (non-hydrogen) atoms. The summed E-state index contributed by atoms with van der Waals surface area (Å²) in [5.41, 5.74) is 4.44. The Bertz CT molecular complexity index is 1090. The van der Waals surface area contributed by atoms with Gasteiger partial charge in [-0.2, -0.15) is 0 Å². The summed E-state index contributed by atoms with van der Waals surface area (Å²) in [6.45, 7) is 0.555. The molecule has 144 valence electrons. The molecule has 0 aliphatic rings. The zero-order valence-electron chi connectivity index (χ0n) is 16.1. The lowest BCUT2D eigenvalue weighted by Crippen LogP contribution is -2.27. The number of nitrogens with one attached hydrogen (secondary N) is 1. The molecule has 3 heterocycles. The SMILES string of the molecule is Cn1cc(-c2cnc(-c3ccccc3)nc2)cc1C(=O)NCCc1cccnc1. The molecular formula is C23H21N5O. The van der Waals surface area contributed by atoms with Crippen molar-refractivity contribution in [1.82, 2.24) is 24.8 Å². The lowest BCUT2D eigenvalue weighted by molar-refractivity contribution is 0.0946. The van der Waals surface area contributed by atoms with Crippen LogP contribution in [0.5, 0.6) is 0 Å². The standard InChI is InChI=1S/C23H21N5O/c1-28-16-19(20-14-26-22(27-15-20)18-7-3-2-4-8-18)12-21(28)23(29)25-11-9-17-6-5-10-24-13-17/h2-8,10,12-16H,9,11H2,1H3,(H,25,29). The fraction of sp³-hybridized carbons (Fsp3) is 0.130. The topological polar surface area (TPSA) is 72.7 Å². The molecule has 1 aromatic carbocycles. The summed E-state index contributed by atoms with van der Waals surface area (Å²) in [5.74, 6) is 0.572. The monoisotopic (exact) mass is 383 g/mol. The quantitative estimate of drug-likeness (QED) is 0.553. The maximum Gasteiger partial charge on any atom is 0.267 e. The van der Waals surface area contributed by atoms with Crippen LogP contribution in [0.2, 0.25) is 0 Å². The van der Waals surface area contributed by atoms with Crippen molar-refractivity contribution in [2.24, 2.45) is 7.05 Å². The zero-order chi connectivity index (χ0) is 20.1. The van der Waals surface area contributed by atoms with E-state index in [4.69, 9.17) is 0 Å². The van der Waals surface area contributed by atoms with Crippen LogP contribution in [0.4, 0.5) is 0 Å². The van der Waals surface area contributed by atoms with Crippen molar-refractivity contribution >= 4 is 5.91 Å². The van der Waals surface area contributed by atoms with E-state index in [1.807, 2.05) is 72.5 Å². The highest BCUT2D eigenvalue weighted by Crippen LogP contribution is 2.22. The van der Waals surface area contributed by atoms with E-state index in [0.717, 1.165) is 28.7 Å². The van der Waals surface area contributed by atoms with Gasteiger partial charge in [0.25, 0.3) is 5.91 Å². The molecular weight excluding hydrogens is 362 g/mol. The summed E-state index contributed by atoms with van der Waals surface area (Å²) < 4.78 is 1.82. The third-order valence-electron chi connectivity index (χ3n) is 4.68. The second-order valence-corrected chi connectivity index (χ2v) is 6.75. The van der Waals surface area contributed by atoms with Crippen molar-refractivity contribution in [2.75, 3.05) is 6.54 Å². The van der Waals surface area contributed by atoms with Crippen LogP contribution >= 0.6 is 0 Å². The molecule has 0 aliphatic heterocycles. The van der Waals surface area contributed by atoms with Gasteiger partial charge in [0.05, 0.1) is 0 Å². The molecule has 1 amide bonds. The summed E-state index contributed by atoms with van der Waals surface area (Å²) in [7, 11) is 1.86. The number of hydrogen-bond acceptors (Lipinski definition) is 4. The van der Waals surface area contributed by atoms with E-state index in [0.29, 0.717) is 18.1 Å². The van der Waals surface area contributed by atoms with E-state index in [-0.39, 0.29) is 5.91 Å². The van der Waals surface area contributed by atoms with Crippen LogP contribution in [0.15, 0.2) is 79.5 Å². The average Bonchev–Trinajstić information content (AvgIpc) is 3.17. The Hall–Kier alpha value is -3.80. The van der Waals surface area contributed by atoms with Crippen molar-refractivity contribution in [3.8, 4) is 22.5 Å². The minimum Gasteiger partial charge on any atom is -0.350 e. The van der Waals surface area contributed by atoms with Crippen LogP contribution in [-0.4, -0.2) is 32.0 Å². The number of hydrogen-bond donors (Lipinski definition) is 1. The summed E-state index contributed by atoms with van der Waals surface area (Å²) in [4.78, 5) is 25.6. The van der Waals surface area contributed by atoms with Gasteiger partial charge in [0.2, 0.25) is 0 Å². The maximum absolute atomic E-state index is 12.6. The van der Waals surface area contributed by atoms with Gasteiger partial charge in [-0.1, -0.05) is 36.4 Å².